The Balaban J connectivity index is 2.95. The van der Waals surface area contributed by atoms with Crippen LogP contribution in [0.5, 0.6) is 0 Å². The van der Waals surface area contributed by atoms with Gasteiger partial charge in [-0.1, -0.05) is 11.6 Å². The molecule has 9 heteroatoms. The van der Waals surface area contributed by atoms with Gasteiger partial charge in [-0.15, -0.1) is 0 Å². The van der Waals surface area contributed by atoms with Crippen LogP contribution >= 0.6 is 11.6 Å². The number of rotatable bonds is 8. The van der Waals surface area contributed by atoms with E-state index in [0.717, 1.165) is 6.07 Å². The SMILES string of the molecule is COCC(CNS(=O)(=O)c1cc(F)c(Cl)c(CN)c1)OC. The fourth-order valence-electron chi connectivity index (χ4n) is 1.60. The van der Waals surface area contributed by atoms with E-state index in [0.29, 0.717) is 0 Å². The summed E-state index contributed by atoms with van der Waals surface area (Å²) in [4.78, 5) is -0.239. The zero-order chi connectivity index (χ0) is 16.0. The quantitative estimate of drug-likeness (QED) is 0.733. The van der Waals surface area contributed by atoms with Crippen molar-refractivity contribution >= 4 is 21.6 Å². The van der Waals surface area contributed by atoms with Gasteiger partial charge >= 0.3 is 0 Å². The summed E-state index contributed by atoms with van der Waals surface area (Å²) in [5.74, 6) is -0.833. The second kappa shape index (κ2) is 8.02. The van der Waals surface area contributed by atoms with Gasteiger partial charge in [0.15, 0.2) is 0 Å². The summed E-state index contributed by atoms with van der Waals surface area (Å²) >= 11 is 5.70. The molecule has 1 unspecified atom stereocenters. The Morgan fingerprint density at radius 2 is 2.10 bits per heavy atom. The molecule has 1 aromatic rings. The fraction of sp³-hybridized carbons (Fsp3) is 0.500. The van der Waals surface area contributed by atoms with Crippen LogP contribution in [0.15, 0.2) is 17.0 Å². The van der Waals surface area contributed by atoms with Crippen LogP contribution in [0.3, 0.4) is 0 Å². The minimum Gasteiger partial charge on any atom is -0.382 e. The van der Waals surface area contributed by atoms with E-state index in [1.807, 2.05) is 0 Å². The molecule has 6 nitrogen and oxygen atoms in total. The lowest BCUT2D eigenvalue weighted by Gasteiger charge is -2.15. The van der Waals surface area contributed by atoms with Gasteiger partial charge in [-0.25, -0.2) is 17.5 Å². The van der Waals surface area contributed by atoms with E-state index < -0.39 is 21.9 Å². The number of hydrogen-bond donors (Lipinski definition) is 2. The van der Waals surface area contributed by atoms with Crippen molar-refractivity contribution in [2.24, 2.45) is 5.73 Å². The highest BCUT2D eigenvalue weighted by Crippen LogP contribution is 2.24. The summed E-state index contributed by atoms with van der Waals surface area (Å²) < 4.78 is 50.1. The third-order valence-corrected chi connectivity index (χ3v) is 4.62. The van der Waals surface area contributed by atoms with Crippen molar-refractivity contribution in [1.82, 2.24) is 4.72 Å². The molecule has 0 heterocycles. The molecule has 0 saturated heterocycles. The molecular weight excluding hydrogens is 323 g/mol. The third-order valence-electron chi connectivity index (χ3n) is 2.79. The molecule has 1 atom stereocenters. The molecule has 0 aromatic heterocycles. The maximum atomic E-state index is 13.6. The normalized spacial score (nSPS) is 13.4. The number of halogens is 2. The molecule has 0 aliphatic rings. The van der Waals surface area contributed by atoms with Crippen LogP contribution in [0, 0.1) is 5.82 Å². The predicted molar refractivity (Wildman–Crippen MR) is 77.2 cm³/mol. The second-order valence-electron chi connectivity index (χ2n) is 4.25. The van der Waals surface area contributed by atoms with Gasteiger partial charge in [-0.2, -0.15) is 0 Å². The highest BCUT2D eigenvalue weighted by atomic mass is 35.5. The second-order valence-corrected chi connectivity index (χ2v) is 6.39. The smallest absolute Gasteiger partial charge is 0.240 e. The molecule has 21 heavy (non-hydrogen) atoms. The first-order valence-corrected chi connectivity index (χ1v) is 7.91. The molecule has 0 aliphatic carbocycles. The Bertz CT molecular complexity index is 583. The van der Waals surface area contributed by atoms with Crippen LogP contribution in [-0.4, -0.2) is 41.9 Å². The molecule has 0 aliphatic heterocycles. The molecule has 3 N–H and O–H groups in total. The van der Waals surface area contributed by atoms with Gasteiger partial charge in [-0.05, 0) is 17.7 Å². The minimum atomic E-state index is -3.90. The molecule has 0 radical (unpaired) electrons. The topological polar surface area (TPSA) is 90.7 Å². The van der Waals surface area contributed by atoms with E-state index in [1.165, 1.54) is 20.3 Å². The predicted octanol–water partition coefficient (Wildman–Crippen LogP) is 0.878. The highest BCUT2D eigenvalue weighted by Gasteiger charge is 2.20. The van der Waals surface area contributed by atoms with E-state index in [2.05, 4.69) is 4.72 Å². The summed E-state index contributed by atoms with van der Waals surface area (Å²) in [6, 6.07) is 2.09. The van der Waals surface area contributed by atoms with E-state index >= 15 is 0 Å². The van der Waals surface area contributed by atoms with E-state index in [9.17, 15) is 12.8 Å². The van der Waals surface area contributed by atoms with Gasteiger partial charge in [0.1, 0.15) is 5.82 Å². The fourth-order valence-corrected chi connectivity index (χ4v) is 2.92. The molecule has 0 fully saturated rings. The lowest BCUT2D eigenvalue weighted by atomic mass is 10.2. The largest absolute Gasteiger partial charge is 0.382 e. The van der Waals surface area contributed by atoms with Crippen LogP contribution in [0.25, 0.3) is 0 Å². The molecule has 0 saturated carbocycles. The van der Waals surface area contributed by atoms with Crippen LogP contribution in [0.4, 0.5) is 4.39 Å². The Morgan fingerprint density at radius 3 is 2.62 bits per heavy atom. The Morgan fingerprint density at radius 1 is 1.43 bits per heavy atom. The van der Waals surface area contributed by atoms with Crippen LogP contribution in [0.1, 0.15) is 5.56 Å². The lowest BCUT2D eigenvalue weighted by molar-refractivity contribution is 0.0320. The lowest BCUT2D eigenvalue weighted by Crippen LogP contribution is -2.35. The summed E-state index contributed by atoms with van der Waals surface area (Å²) in [6.45, 7) is 0.153. The highest BCUT2D eigenvalue weighted by molar-refractivity contribution is 7.89. The summed E-state index contributed by atoms with van der Waals surface area (Å²) in [7, 11) is -0.984. The molecular formula is C12H18ClFN2O4S. The molecule has 120 valence electrons. The first kappa shape index (κ1) is 18.3. The monoisotopic (exact) mass is 340 g/mol. The summed E-state index contributed by atoms with van der Waals surface area (Å²) in [5, 5.41) is -0.175. The summed E-state index contributed by atoms with van der Waals surface area (Å²) in [5.41, 5.74) is 5.63. The zero-order valence-electron chi connectivity index (χ0n) is 11.7. The van der Waals surface area contributed by atoms with Crippen LogP contribution in [-0.2, 0) is 26.0 Å². The maximum absolute atomic E-state index is 13.6. The van der Waals surface area contributed by atoms with Crippen molar-refractivity contribution in [2.45, 2.75) is 17.5 Å². The number of hydrogen-bond acceptors (Lipinski definition) is 5. The number of nitrogens with one attached hydrogen (secondary N) is 1. The molecule has 0 spiro atoms. The van der Waals surface area contributed by atoms with Crippen molar-refractivity contribution in [3.8, 4) is 0 Å². The Hall–Kier alpha value is -0.770. The third kappa shape index (κ3) is 4.87. The van der Waals surface area contributed by atoms with Crippen LogP contribution < -0.4 is 10.5 Å². The molecule has 0 amide bonds. The molecule has 0 bridgehead atoms. The van der Waals surface area contributed by atoms with Crippen molar-refractivity contribution in [3.05, 3.63) is 28.5 Å². The minimum absolute atomic E-state index is 0.00508. The first-order valence-electron chi connectivity index (χ1n) is 6.05. The maximum Gasteiger partial charge on any atom is 0.240 e. The van der Waals surface area contributed by atoms with Gasteiger partial charge < -0.3 is 15.2 Å². The summed E-state index contributed by atoms with van der Waals surface area (Å²) in [6.07, 6.45) is -0.448. The van der Waals surface area contributed by atoms with Crippen molar-refractivity contribution in [3.63, 3.8) is 0 Å². The standard InChI is InChI=1S/C12H18ClFN2O4S/c1-19-7-9(20-2)6-16-21(17,18)10-3-8(5-15)12(13)11(14)4-10/h3-4,9,16H,5-7,15H2,1-2H3. The molecule has 1 aromatic carbocycles. The number of benzene rings is 1. The number of sulfonamides is 1. The van der Waals surface area contributed by atoms with E-state index in [1.54, 1.807) is 0 Å². The number of nitrogens with two attached hydrogens (primary N) is 1. The van der Waals surface area contributed by atoms with Crippen molar-refractivity contribution in [2.75, 3.05) is 27.4 Å². The van der Waals surface area contributed by atoms with Gasteiger partial charge in [0.05, 0.1) is 22.6 Å². The molecule has 1 rings (SSSR count). The Labute approximate surface area is 128 Å². The average Bonchev–Trinajstić information content (AvgIpc) is 2.46. The average molecular weight is 341 g/mol. The van der Waals surface area contributed by atoms with Gasteiger partial charge in [0.25, 0.3) is 0 Å². The van der Waals surface area contributed by atoms with E-state index in [4.69, 9.17) is 26.8 Å². The van der Waals surface area contributed by atoms with Crippen molar-refractivity contribution < 1.29 is 22.3 Å². The Kier molecular flexibility index (Phi) is 6.98. The van der Waals surface area contributed by atoms with Gasteiger partial charge in [0.2, 0.25) is 10.0 Å². The van der Waals surface area contributed by atoms with Gasteiger partial charge in [0, 0.05) is 27.3 Å². The van der Waals surface area contributed by atoms with E-state index in [-0.39, 0.29) is 35.2 Å². The zero-order valence-corrected chi connectivity index (χ0v) is 13.3. The van der Waals surface area contributed by atoms with Crippen LogP contribution in [0.2, 0.25) is 5.02 Å². The van der Waals surface area contributed by atoms with Gasteiger partial charge in [-0.3, -0.25) is 0 Å². The number of ether oxygens (including phenoxy) is 2. The number of methoxy groups -OCH3 is 2. The first-order chi connectivity index (χ1) is 9.85. The van der Waals surface area contributed by atoms with Crippen molar-refractivity contribution in [1.29, 1.82) is 0 Å².